The Hall–Kier alpha value is -0.580. The van der Waals surface area contributed by atoms with E-state index >= 15 is 0 Å². The Kier molecular flexibility index (Phi) is 5.25. The third-order valence-electron chi connectivity index (χ3n) is 3.90. The maximum absolute atomic E-state index is 5.61. The first-order chi connectivity index (χ1) is 9.17. The molecule has 0 bridgehead atoms. The van der Waals surface area contributed by atoms with Crippen LogP contribution in [0.1, 0.15) is 31.9 Å². The lowest BCUT2D eigenvalue weighted by Crippen LogP contribution is -2.45. The van der Waals surface area contributed by atoms with Gasteiger partial charge in [0.25, 0.3) is 0 Å². The van der Waals surface area contributed by atoms with Crippen molar-refractivity contribution in [3.63, 3.8) is 0 Å². The van der Waals surface area contributed by atoms with Gasteiger partial charge in [0.2, 0.25) is 0 Å². The van der Waals surface area contributed by atoms with Crippen LogP contribution in [0.4, 0.5) is 5.69 Å². The third-order valence-corrected chi connectivity index (χ3v) is 4.39. The number of nitrogens with zero attached hydrogens (tertiary/aromatic N) is 1. The normalized spacial score (nSPS) is 21.5. The van der Waals surface area contributed by atoms with Gasteiger partial charge in [-0.1, -0.05) is 22.9 Å². The van der Waals surface area contributed by atoms with E-state index in [0.29, 0.717) is 12.1 Å². The van der Waals surface area contributed by atoms with Gasteiger partial charge in [-0.2, -0.15) is 0 Å². The molecule has 2 unspecified atom stereocenters. The van der Waals surface area contributed by atoms with Gasteiger partial charge in [-0.25, -0.2) is 0 Å². The number of hydrogen-bond donors (Lipinski definition) is 1. The Labute approximate surface area is 124 Å². The van der Waals surface area contributed by atoms with E-state index in [4.69, 9.17) is 4.74 Å². The highest BCUT2D eigenvalue weighted by molar-refractivity contribution is 9.10. The molecule has 1 aliphatic rings. The summed E-state index contributed by atoms with van der Waals surface area (Å²) in [6, 6.07) is 7.40. The Balaban J connectivity index is 2.36. The van der Waals surface area contributed by atoms with Crippen LogP contribution in [0.15, 0.2) is 22.7 Å². The molecule has 2 atom stereocenters. The van der Waals surface area contributed by atoms with Crippen molar-refractivity contribution in [1.29, 1.82) is 0 Å². The Morgan fingerprint density at radius 3 is 3.00 bits per heavy atom. The molecule has 0 amide bonds. The van der Waals surface area contributed by atoms with E-state index in [-0.39, 0.29) is 0 Å². The highest BCUT2D eigenvalue weighted by Crippen LogP contribution is 2.32. The zero-order valence-corrected chi connectivity index (χ0v) is 13.5. The molecule has 4 heteroatoms. The van der Waals surface area contributed by atoms with Crippen molar-refractivity contribution in [1.82, 2.24) is 5.32 Å². The summed E-state index contributed by atoms with van der Waals surface area (Å²) in [6.45, 7) is 7.06. The number of hydrogen-bond acceptors (Lipinski definition) is 3. The average Bonchev–Trinajstić information content (AvgIpc) is 2.46. The molecule has 1 heterocycles. The summed E-state index contributed by atoms with van der Waals surface area (Å²) in [5, 5.41) is 3.34. The minimum atomic E-state index is 0.341. The maximum atomic E-state index is 5.61. The predicted octanol–water partition coefficient (Wildman–Crippen LogP) is 3.34. The van der Waals surface area contributed by atoms with E-state index in [2.05, 4.69) is 58.2 Å². The van der Waals surface area contributed by atoms with Crippen LogP contribution >= 0.6 is 15.9 Å². The van der Waals surface area contributed by atoms with E-state index in [1.165, 1.54) is 11.3 Å². The van der Waals surface area contributed by atoms with E-state index in [9.17, 15) is 0 Å². The molecule has 1 aliphatic heterocycles. The minimum Gasteiger partial charge on any atom is -0.377 e. The number of halogens is 1. The largest absolute Gasteiger partial charge is 0.377 e. The molecule has 106 valence electrons. The van der Waals surface area contributed by atoms with Gasteiger partial charge in [-0.15, -0.1) is 0 Å². The number of nitrogens with one attached hydrogen (secondary N) is 1. The summed E-state index contributed by atoms with van der Waals surface area (Å²) < 4.78 is 6.74. The SMILES string of the molecule is CCC1COCCN1c1ccc(Br)cc1C(C)NC. The summed E-state index contributed by atoms with van der Waals surface area (Å²) in [4.78, 5) is 2.50. The van der Waals surface area contributed by atoms with Crippen molar-refractivity contribution in [2.24, 2.45) is 0 Å². The molecular weight excluding hydrogens is 304 g/mol. The monoisotopic (exact) mass is 326 g/mol. The van der Waals surface area contributed by atoms with Gasteiger partial charge in [-0.05, 0) is 44.2 Å². The Bertz CT molecular complexity index is 425. The van der Waals surface area contributed by atoms with E-state index in [1.54, 1.807) is 0 Å². The molecule has 0 radical (unpaired) electrons. The van der Waals surface area contributed by atoms with E-state index in [0.717, 1.165) is 30.7 Å². The fourth-order valence-corrected chi connectivity index (χ4v) is 2.98. The molecule has 0 saturated carbocycles. The van der Waals surface area contributed by atoms with Crippen molar-refractivity contribution in [3.8, 4) is 0 Å². The van der Waals surface area contributed by atoms with Crippen LogP contribution in [-0.2, 0) is 4.74 Å². The molecular formula is C15H23BrN2O. The number of morpholine rings is 1. The first-order valence-corrected chi connectivity index (χ1v) is 7.77. The fourth-order valence-electron chi connectivity index (χ4n) is 2.60. The van der Waals surface area contributed by atoms with Crippen LogP contribution in [0.25, 0.3) is 0 Å². The molecule has 1 N–H and O–H groups in total. The van der Waals surface area contributed by atoms with Crippen LogP contribution in [0.3, 0.4) is 0 Å². The first-order valence-electron chi connectivity index (χ1n) is 6.98. The first kappa shape index (κ1) is 14.8. The van der Waals surface area contributed by atoms with Gasteiger partial charge in [0.1, 0.15) is 0 Å². The zero-order chi connectivity index (χ0) is 13.8. The predicted molar refractivity (Wildman–Crippen MR) is 83.9 cm³/mol. The molecule has 3 nitrogen and oxygen atoms in total. The lowest BCUT2D eigenvalue weighted by Gasteiger charge is -2.38. The highest BCUT2D eigenvalue weighted by Gasteiger charge is 2.24. The highest BCUT2D eigenvalue weighted by atomic mass is 79.9. The second-order valence-corrected chi connectivity index (χ2v) is 5.96. The summed E-state index contributed by atoms with van der Waals surface area (Å²) in [5.41, 5.74) is 2.68. The summed E-state index contributed by atoms with van der Waals surface area (Å²) in [7, 11) is 2.01. The van der Waals surface area contributed by atoms with Crippen LogP contribution in [0, 0.1) is 0 Å². The van der Waals surface area contributed by atoms with E-state index in [1.807, 2.05) is 7.05 Å². The smallest absolute Gasteiger partial charge is 0.0670 e. The minimum absolute atomic E-state index is 0.341. The van der Waals surface area contributed by atoms with Crippen molar-refractivity contribution in [3.05, 3.63) is 28.2 Å². The van der Waals surface area contributed by atoms with Crippen molar-refractivity contribution < 1.29 is 4.74 Å². The van der Waals surface area contributed by atoms with Gasteiger partial charge in [-0.3, -0.25) is 0 Å². The molecule has 0 spiro atoms. The topological polar surface area (TPSA) is 24.5 Å². The number of anilines is 1. The van der Waals surface area contributed by atoms with Crippen LogP contribution in [-0.4, -0.2) is 32.8 Å². The molecule has 0 aromatic heterocycles. The van der Waals surface area contributed by atoms with Crippen LogP contribution in [0.5, 0.6) is 0 Å². The quantitative estimate of drug-likeness (QED) is 0.918. The third kappa shape index (κ3) is 3.30. The second kappa shape index (κ2) is 6.73. The zero-order valence-electron chi connectivity index (χ0n) is 11.9. The average molecular weight is 327 g/mol. The maximum Gasteiger partial charge on any atom is 0.0670 e. The lowest BCUT2D eigenvalue weighted by atomic mass is 10.0. The van der Waals surface area contributed by atoms with Crippen molar-refractivity contribution >= 4 is 21.6 Å². The molecule has 1 aromatic carbocycles. The molecule has 1 fully saturated rings. The van der Waals surface area contributed by atoms with Gasteiger partial charge < -0.3 is 15.0 Å². The van der Waals surface area contributed by atoms with E-state index < -0.39 is 0 Å². The van der Waals surface area contributed by atoms with Crippen LogP contribution in [0.2, 0.25) is 0 Å². The fraction of sp³-hybridized carbons (Fsp3) is 0.600. The van der Waals surface area contributed by atoms with Gasteiger partial charge in [0, 0.05) is 22.7 Å². The van der Waals surface area contributed by atoms with Gasteiger partial charge >= 0.3 is 0 Å². The van der Waals surface area contributed by atoms with Crippen molar-refractivity contribution in [2.75, 3.05) is 31.7 Å². The molecule has 1 aromatic rings. The summed E-state index contributed by atoms with van der Waals surface area (Å²) in [6.07, 6.45) is 1.11. The molecule has 0 aliphatic carbocycles. The Morgan fingerprint density at radius 1 is 1.53 bits per heavy atom. The Morgan fingerprint density at radius 2 is 2.32 bits per heavy atom. The summed E-state index contributed by atoms with van der Waals surface area (Å²) in [5.74, 6) is 0. The van der Waals surface area contributed by atoms with Gasteiger partial charge in [0.15, 0.2) is 0 Å². The van der Waals surface area contributed by atoms with Crippen LogP contribution < -0.4 is 10.2 Å². The molecule has 1 saturated heterocycles. The van der Waals surface area contributed by atoms with Gasteiger partial charge in [0.05, 0.1) is 19.3 Å². The standard InChI is InChI=1S/C15H23BrN2O/c1-4-13-10-19-8-7-18(13)15-6-5-12(16)9-14(15)11(2)17-3/h5-6,9,11,13,17H,4,7-8,10H2,1-3H3. The number of ether oxygens (including phenoxy) is 1. The lowest BCUT2D eigenvalue weighted by molar-refractivity contribution is 0.0928. The molecule has 19 heavy (non-hydrogen) atoms. The van der Waals surface area contributed by atoms with Crippen molar-refractivity contribution in [2.45, 2.75) is 32.4 Å². The number of benzene rings is 1. The second-order valence-electron chi connectivity index (χ2n) is 5.04. The number of rotatable bonds is 4. The molecule has 2 rings (SSSR count). The summed E-state index contributed by atoms with van der Waals surface area (Å²) >= 11 is 3.58.